The third kappa shape index (κ3) is 4.92. The van der Waals surface area contributed by atoms with Gasteiger partial charge in [0.15, 0.2) is 0 Å². The number of anilines is 2. The number of benzene rings is 4. The zero-order chi connectivity index (χ0) is 26.4. The second kappa shape index (κ2) is 11.3. The maximum Gasteiger partial charge on any atom is 0.230 e. The van der Waals surface area contributed by atoms with Crippen molar-refractivity contribution in [1.82, 2.24) is 0 Å². The lowest BCUT2D eigenvalue weighted by Gasteiger charge is -2.37. The first-order valence-corrected chi connectivity index (χ1v) is 12.8. The lowest BCUT2D eigenvalue weighted by molar-refractivity contribution is -0.124. The van der Waals surface area contributed by atoms with Gasteiger partial charge in [-0.1, -0.05) is 84.9 Å². The Morgan fingerprint density at radius 2 is 0.892 bits per heavy atom. The van der Waals surface area contributed by atoms with E-state index in [1.54, 1.807) is 0 Å². The molecule has 188 valence electrons. The molecular formula is C33H34N2O2. The van der Waals surface area contributed by atoms with Crippen LogP contribution < -0.4 is 9.80 Å². The summed E-state index contributed by atoms with van der Waals surface area (Å²) in [5.41, 5.74) is 5.63. The van der Waals surface area contributed by atoms with E-state index in [0.717, 1.165) is 35.3 Å². The summed E-state index contributed by atoms with van der Waals surface area (Å²) >= 11 is 0. The molecule has 0 spiro atoms. The van der Waals surface area contributed by atoms with E-state index in [2.05, 4.69) is 91.5 Å². The van der Waals surface area contributed by atoms with Crippen molar-refractivity contribution in [2.75, 3.05) is 22.9 Å². The summed E-state index contributed by atoms with van der Waals surface area (Å²) in [7, 11) is 0. The van der Waals surface area contributed by atoms with E-state index in [9.17, 15) is 9.59 Å². The molecule has 0 aromatic heterocycles. The van der Waals surface area contributed by atoms with E-state index >= 15 is 0 Å². The highest BCUT2D eigenvalue weighted by molar-refractivity contribution is 6.13. The molecule has 2 amide bonds. The standard InChI is InChI=1S/C33H34N2O2/c1-5-34(6-2)31-21-17-29(18-22-31)33(27-13-9-7-10-14-27,28-15-11-8-12-16-28)30-19-23-32(24-20-30)35(25(3)36)26(4)37/h7-24H,5-6H2,1-4H3. The number of rotatable bonds is 8. The Labute approximate surface area is 220 Å². The Hall–Kier alpha value is -4.18. The van der Waals surface area contributed by atoms with Crippen molar-refractivity contribution in [3.63, 3.8) is 0 Å². The van der Waals surface area contributed by atoms with Gasteiger partial charge in [0.25, 0.3) is 0 Å². The van der Waals surface area contributed by atoms with E-state index in [4.69, 9.17) is 0 Å². The van der Waals surface area contributed by atoms with Crippen molar-refractivity contribution >= 4 is 23.2 Å². The normalized spacial score (nSPS) is 11.1. The molecule has 4 rings (SSSR count). The van der Waals surface area contributed by atoms with Crippen molar-refractivity contribution in [1.29, 1.82) is 0 Å². The van der Waals surface area contributed by atoms with Crippen LogP contribution in [0.1, 0.15) is 49.9 Å². The average Bonchev–Trinajstić information content (AvgIpc) is 2.92. The molecule has 4 heteroatoms. The van der Waals surface area contributed by atoms with E-state index in [-0.39, 0.29) is 11.8 Å². The minimum Gasteiger partial charge on any atom is -0.372 e. The van der Waals surface area contributed by atoms with Gasteiger partial charge in [0.1, 0.15) is 0 Å². The van der Waals surface area contributed by atoms with Crippen LogP contribution in [0.3, 0.4) is 0 Å². The quantitative estimate of drug-likeness (QED) is 0.255. The minimum atomic E-state index is -0.597. The van der Waals surface area contributed by atoms with Crippen molar-refractivity contribution in [3.05, 3.63) is 131 Å². The Morgan fingerprint density at radius 3 is 1.24 bits per heavy atom. The first-order chi connectivity index (χ1) is 17.9. The maximum atomic E-state index is 12.2. The van der Waals surface area contributed by atoms with Gasteiger partial charge >= 0.3 is 0 Å². The fourth-order valence-electron chi connectivity index (χ4n) is 5.33. The molecule has 0 N–H and O–H groups in total. The maximum absolute atomic E-state index is 12.2. The van der Waals surface area contributed by atoms with Gasteiger partial charge in [0, 0.05) is 32.6 Å². The summed E-state index contributed by atoms with van der Waals surface area (Å²) in [4.78, 5) is 27.9. The lowest BCUT2D eigenvalue weighted by Crippen LogP contribution is -2.34. The summed E-state index contributed by atoms with van der Waals surface area (Å²) in [5.74, 6) is -0.603. The van der Waals surface area contributed by atoms with Crippen molar-refractivity contribution in [2.24, 2.45) is 0 Å². The molecular weight excluding hydrogens is 456 g/mol. The van der Waals surface area contributed by atoms with E-state index in [0.29, 0.717) is 5.69 Å². The first-order valence-electron chi connectivity index (χ1n) is 12.8. The number of hydrogen-bond donors (Lipinski definition) is 0. The predicted molar refractivity (Wildman–Crippen MR) is 152 cm³/mol. The molecule has 0 saturated carbocycles. The zero-order valence-corrected chi connectivity index (χ0v) is 22.0. The first kappa shape index (κ1) is 25.9. The van der Waals surface area contributed by atoms with Crippen LogP contribution in [0, 0.1) is 0 Å². The number of hydrogen-bond acceptors (Lipinski definition) is 3. The molecule has 0 heterocycles. The van der Waals surface area contributed by atoms with Gasteiger partial charge in [-0.3, -0.25) is 14.5 Å². The molecule has 0 aliphatic heterocycles. The molecule has 4 nitrogen and oxygen atoms in total. The minimum absolute atomic E-state index is 0.301. The fourth-order valence-corrected chi connectivity index (χ4v) is 5.33. The monoisotopic (exact) mass is 490 g/mol. The van der Waals surface area contributed by atoms with Crippen molar-refractivity contribution < 1.29 is 9.59 Å². The van der Waals surface area contributed by atoms with Gasteiger partial charge in [-0.25, -0.2) is 0 Å². The van der Waals surface area contributed by atoms with Crippen LogP contribution >= 0.6 is 0 Å². The largest absolute Gasteiger partial charge is 0.372 e. The predicted octanol–water partition coefficient (Wildman–Crippen LogP) is 6.81. The molecule has 4 aromatic rings. The van der Waals surface area contributed by atoms with E-state index in [1.807, 2.05) is 36.4 Å². The van der Waals surface area contributed by atoms with Crippen LogP contribution in [0.5, 0.6) is 0 Å². The van der Waals surface area contributed by atoms with Gasteiger partial charge in [-0.2, -0.15) is 0 Å². The van der Waals surface area contributed by atoms with Gasteiger partial charge < -0.3 is 4.90 Å². The molecule has 4 aromatic carbocycles. The van der Waals surface area contributed by atoms with Crippen LogP contribution in [0.25, 0.3) is 0 Å². The van der Waals surface area contributed by atoms with E-state index < -0.39 is 5.41 Å². The molecule has 0 atom stereocenters. The molecule has 0 aliphatic carbocycles. The van der Waals surface area contributed by atoms with Gasteiger partial charge in [-0.05, 0) is 60.4 Å². The molecule has 0 unspecified atom stereocenters. The van der Waals surface area contributed by atoms with Crippen LogP contribution in [-0.4, -0.2) is 24.9 Å². The molecule has 0 aliphatic rings. The molecule has 0 saturated heterocycles. The number of nitrogens with zero attached hydrogens (tertiary/aromatic N) is 2. The number of amides is 2. The van der Waals surface area contributed by atoms with Crippen LogP contribution in [0.4, 0.5) is 11.4 Å². The van der Waals surface area contributed by atoms with Crippen LogP contribution in [0.2, 0.25) is 0 Å². The third-order valence-corrected chi connectivity index (χ3v) is 7.03. The fraction of sp³-hybridized carbons (Fsp3) is 0.212. The number of carbonyl (C=O) groups is 2. The number of imide groups is 1. The summed E-state index contributed by atoms with van der Waals surface area (Å²) < 4.78 is 0. The molecule has 0 radical (unpaired) electrons. The zero-order valence-electron chi connectivity index (χ0n) is 22.0. The highest BCUT2D eigenvalue weighted by Crippen LogP contribution is 2.45. The van der Waals surface area contributed by atoms with Gasteiger partial charge in [0.2, 0.25) is 11.8 Å². The topological polar surface area (TPSA) is 40.6 Å². The van der Waals surface area contributed by atoms with Crippen molar-refractivity contribution in [3.8, 4) is 0 Å². The molecule has 0 fully saturated rings. The Kier molecular flexibility index (Phi) is 7.88. The summed E-state index contributed by atoms with van der Waals surface area (Å²) in [5, 5.41) is 0. The third-order valence-electron chi connectivity index (χ3n) is 7.03. The van der Waals surface area contributed by atoms with Gasteiger partial charge in [-0.15, -0.1) is 0 Å². The van der Waals surface area contributed by atoms with Crippen LogP contribution in [0.15, 0.2) is 109 Å². The highest BCUT2D eigenvalue weighted by atomic mass is 16.2. The smallest absolute Gasteiger partial charge is 0.230 e. The Balaban J connectivity index is 1.98. The molecule has 37 heavy (non-hydrogen) atoms. The van der Waals surface area contributed by atoms with E-state index in [1.165, 1.54) is 24.4 Å². The van der Waals surface area contributed by atoms with Crippen LogP contribution in [-0.2, 0) is 15.0 Å². The summed E-state index contributed by atoms with van der Waals surface area (Å²) in [6.07, 6.45) is 0. The van der Waals surface area contributed by atoms with Crippen molar-refractivity contribution in [2.45, 2.75) is 33.1 Å². The highest BCUT2D eigenvalue weighted by Gasteiger charge is 2.38. The summed E-state index contributed by atoms with van der Waals surface area (Å²) in [6, 6.07) is 37.6. The lowest BCUT2D eigenvalue weighted by atomic mass is 9.65. The SMILES string of the molecule is CCN(CC)c1ccc(C(c2ccccc2)(c2ccccc2)c2ccc(N(C(C)=O)C(C)=O)cc2)cc1. The number of carbonyl (C=O) groups excluding carboxylic acids is 2. The average molecular weight is 491 g/mol. The second-order valence-corrected chi connectivity index (χ2v) is 9.12. The summed E-state index contributed by atoms with van der Waals surface area (Å²) in [6.45, 7) is 9.05. The second-order valence-electron chi connectivity index (χ2n) is 9.12. The van der Waals surface area contributed by atoms with Gasteiger partial charge in [0.05, 0.1) is 11.1 Å². The molecule has 0 bridgehead atoms. The Morgan fingerprint density at radius 1 is 0.541 bits per heavy atom. The Bertz CT molecular complexity index is 1270.